The molecule has 198 valence electrons. The fourth-order valence-corrected chi connectivity index (χ4v) is 5.74. The van der Waals surface area contributed by atoms with Gasteiger partial charge in [-0.2, -0.15) is 0 Å². The Morgan fingerprint density at radius 3 is 2.54 bits per heavy atom. The van der Waals surface area contributed by atoms with Crippen LogP contribution >= 0.6 is 0 Å². The van der Waals surface area contributed by atoms with E-state index in [-0.39, 0.29) is 24.7 Å². The van der Waals surface area contributed by atoms with Crippen LogP contribution in [0.1, 0.15) is 65.7 Å². The van der Waals surface area contributed by atoms with E-state index in [9.17, 15) is 19.5 Å². The van der Waals surface area contributed by atoms with E-state index in [2.05, 4.69) is 38.8 Å². The lowest BCUT2D eigenvalue weighted by molar-refractivity contribution is -0.155. The van der Waals surface area contributed by atoms with Gasteiger partial charge in [-0.3, -0.25) is 19.1 Å². The van der Waals surface area contributed by atoms with Gasteiger partial charge in [-0.15, -0.1) is 0 Å². The predicted octanol–water partition coefficient (Wildman–Crippen LogP) is 2.39. The van der Waals surface area contributed by atoms with Crippen LogP contribution in [-0.4, -0.2) is 65.6 Å². The van der Waals surface area contributed by atoms with Crippen molar-refractivity contribution in [1.82, 2.24) is 9.55 Å². The van der Waals surface area contributed by atoms with Crippen LogP contribution in [0.4, 0.5) is 0 Å². The minimum absolute atomic E-state index is 0.00559. The third-order valence-electron chi connectivity index (χ3n) is 7.30. The molecule has 3 rings (SSSR count). The minimum atomic E-state index is -2.20. The number of nitrogens with zero attached hydrogens (tertiary/aromatic N) is 1. The quantitative estimate of drug-likeness (QED) is 0.421. The van der Waals surface area contributed by atoms with Gasteiger partial charge >= 0.3 is 11.7 Å². The summed E-state index contributed by atoms with van der Waals surface area (Å²) in [4.78, 5) is 39.2. The van der Waals surface area contributed by atoms with Crippen molar-refractivity contribution in [2.45, 2.75) is 109 Å². The fourth-order valence-electron chi connectivity index (χ4n) is 4.38. The standard InChI is InChI=1S/C24H40N2O8Si/c1-15-11-26(21(29)25-20(15)28)18-9-16(34-35(7,8)22(2,3)4)17(33-18)12-31-19(27)10-24(6)13-23(5,30)14-32-24/h11,16-18,30H,9-10,12-14H2,1-8H3,(H,25,28,29)/t16-,17+,18+,23?,24?/m0/s1. The maximum atomic E-state index is 12.6. The molecule has 0 aromatic carbocycles. The molecule has 0 aliphatic carbocycles. The van der Waals surface area contributed by atoms with E-state index in [1.807, 2.05) is 0 Å². The molecule has 2 N–H and O–H groups in total. The molecule has 0 spiro atoms. The number of aromatic nitrogens is 2. The Morgan fingerprint density at radius 2 is 1.97 bits per heavy atom. The number of aliphatic hydroxyl groups is 1. The first kappa shape index (κ1) is 27.8. The number of carbonyl (C=O) groups excluding carboxylic acids is 1. The average molecular weight is 513 g/mol. The number of rotatable bonds is 7. The van der Waals surface area contributed by atoms with Crippen molar-refractivity contribution in [2.24, 2.45) is 0 Å². The van der Waals surface area contributed by atoms with Gasteiger partial charge in [0, 0.05) is 24.6 Å². The Kier molecular flexibility index (Phi) is 7.61. The topological polar surface area (TPSA) is 129 Å². The number of esters is 1. The van der Waals surface area contributed by atoms with Crippen LogP contribution in [0.25, 0.3) is 0 Å². The normalized spacial score (nSPS) is 31.6. The lowest BCUT2D eigenvalue weighted by atomic mass is 9.91. The van der Waals surface area contributed by atoms with Crippen LogP contribution in [-0.2, 0) is 23.4 Å². The molecular formula is C24H40N2O8Si. The number of hydrogen-bond acceptors (Lipinski definition) is 8. The van der Waals surface area contributed by atoms with Crippen LogP contribution in [0.2, 0.25) is 18.1 Å². The van der Waals surface area contributed by atoms with Crippen molar-refractivity contribution < 1.29 is 28.5 Å². The van der Waals surface area contributed by atoms with Gasteiger partial charge in [0.25, 0.3) is 5.56 Å². The van der Waals surface area contributed by atoms with Gasteiger partial charge in [-0.05, 0) is 38.9 Å². The molecule has 1 aromatic rings. The van der Waals surface area contributed by atoms with Crippen molar-refractivity contribution in [1.29, 1.82) is 0 Å². The number of ether oxygens (including phenoxy) is 3. The molecule has 35 heavy (non-hydrogen) atoms. The highest BCUT2D eigenvalue weighted by molar-refractivity contribution is 6.74. The molecule has 2 unspecified atom stereocenters. The van der Waals surface area contributed by atoms with Crippen molar-refractivity contribution in [3.8, 4) is 0 Å². The molecule has 0 amide bonds. The van der Waals surface area contributed by atoms with Crippen LogP contribution in [0.3, 0.4) is 0 Å². The van der Waals surface area contributed by atoms with E-state index >= 15 is 0 Å². The number of hydrogen-bond donors (Lipinski definition) is 2. The first-order valence-electron chi connectivity index (χ1n) is 12.1. The van der Waals surface area contributed by atoms with Crippen LogP contribution in [0.5, 0.6) is 0 Å². The van der Waals surface area contributed by atoms with E-state index in [0.29, 0.717) is 18.4 Å². The third kappa shape index (κ3) is 6.51. The number of aryl methyl sites for hydroxylation is 1. The third-order valence-corrected chi connectivity index (χ3v) is 11.8. The Balaban J connectivity index is 1.75. The summed E-state index contributed by atoms with van der Waals surface area (Å²) in [5.41, 5.74) is -2.37. The van der Waals surface area contributed by atoms with Gasteiger partial charge in [-0.1, -0.05) is 20.8 Å². The van der Waals surface area contributed by atoms with Gasteiger partial charge < -0.3 is 23.7 Å². The monoisotopic (exact) mass is 512 g/mol. The van der Waals surface area contributed by atoms with Crippen LogP contribution < -0.4 is 11.2 Å². The van der Waals surface area contributed by atoms with E-state index in [4.69, 9.17) is 18.6 Å². The molecule has 11 heteroatoms. The molecular weight excluding hydrogens is 472 g/mol. The molecule has 2 fully saturated rings. The lowest BCUT2D eigenvalue weighted by Gasteiger charge is -2.39. The fraction of sp³-hybridized carbons (Fsp3) is 0.792. The molecule has 1 aromatic heterocycles. The van der Waals surface area contributed by atoms with Crippen molar-refractivity contribution in [2.75, 3.05) is 13.2 Å². The molecule has 2 saturated heterocycles. The Bertz CT molecular complexity index is 1060. The molecule has 3 heterocycles. The van der Waals surface area contributed by atoms with Crippen molar-refractivity contribution in [3.05, 3.63) is 32.6 Å². The molecule has 2 aliphatic rings. The summed E-state index contributed by atoms with van der Waals surface area (Å²) in [7, 11) is -2.20. The summed E-state index contributed by atoms with van der Waals surface area (Å²) >= 11 is 0. The van der Waals surface area contributed by atoms with E-state index < -0.39 is 55.2 Å². The maximum Gasteiger partial charge on any atom is 0.330 e. The number of carbonyl (C=O) groups is 1. The highest BCUT2D eigenvalue weighted by Gasteiger charge is 2.47. The average Bonchev–Trinajstić information content (AvgIpc) is 3.20. The molecule has 0 bridgehead atoms. The summed E-state index contributed by atoms with van der Waals surface area (Å²) in [6.45, 7) is 15.9. The zero-order valence-electron chi connectivity index (χ0n) is 22.1. The van der Waals surface area contributed by atoms with E-state index in [0.717, 1.165) is 0 Å². The second-order valence-electron chi connectivity index (χ2n) is 12.0. The summed E-state index contributed by atoms with van der Waals surface area (Å²) in [6.07, 6.45) is 0.554. The smallest absolute Gasteiger partial charge is 0.330 e. The summed E-state index contributed by atoms with van der Waals surface area (Å²) in [6, 6.07) is 0. The first-order valence-corrected chi connectivity index (χ1v) is 15.0. The Labute approximate surface area is 207 Å². The highest BCUT2D eigenvalue weighted by atomic mass is 28.4. The first-order chi connectivity index (χ1) is 15.9. The van der Waals surface area contributed by atoms with Gasteiger partial charge in [0.1, 0.15) is 18.9 Å². The Hall–Kier alpha value is -1.79. The number of H-pyrrole nitrogens is 1. The SMILES string of the molecule is Cc1cn([C@H]2C[C@H](O[Si](C)(C)C(C)(C)C)[C@@H](COC(=O)CC3(C)CC(C)(O)CO3)O2)c(=O)[nH]c1=O. The second-order valence-corrected chi connectivity index (χ2v) is 16.8. The molecule has 0 radical (unpaired) electrons. The van der Waals surface area contributed by atoms with Gasteiger partial charge in [0.05, 0.1) is 30.3 Å². The Morgan fingerprint density at radius 1 is 1.31 bits per heavy atom. The second kappa shape index (κ2) is 9.58. The molecule has 10 nitrogen and oxygen atoms in total. The largest absolute Gasteiger partial charge is 0.463 e. The van der Waals surface area contributed by atoms with Gasteiger partial charge in [-0.25, -0.2) is 4.79 Å². The molecule has 5 atom stereocenters. The lowest BCUT2D eigenvalue weighted by Crippen LogP contribution is -2.46. The summed E-state index contributed by atoms with van der Waals surface area (Å²) in [5.74, 6) is -0.458. The van der Waals surface area contributed by atoms with E-state index in [1.54, 1.807) is 20.8 Å². The number of aromatic amines is 1. The summed E-state index contributed by atoms with van der Waals surface area (Å²) in [5, 5.41) is 10.1. The van der Waals surface area contributed by atoms with Crippen molar-refractivity contribution >= 4 is 14.3 Å². The van der Waals surface area contributed by atoms with Crippen molar-refractivity contribution in [3.63, 3.8) is 0 Å². The molecule has 0 saturated carbocycles. The summed E-state index contributed by atoms with van der Waals surface area (Å²) < 4.78 is 25.4. The zero-order valence-corrected chi connectivity index (χ0v) is 23.1. The predicted molar refractivity (Wildman–Crippen MR) is 132 cm³/mol. The maximum absolute atomic E-state index is 12.6. The molecule has 2 aliphatic heterocycles. The van der Waals surface area contributed by atoms with Gasteiger partial charge in [0.2, 0.25) is 0 Å². The van der Waals surface area contributed by atoms with Gasteiger partial charge in [0.15, 0.2) is 8.32 Å². The van der Waals surface area contributed by atoms with Crippen LogP contribution in [0, 0.1) is 6.92 Å². The van der Waals surface area contributed by atoms with E-state index in [1.165, 1.54) is 10.8 Å². The minimum Gasteiger partial charge on any atom is -0.463 e. The number of nitrogens with one attached hydrogen (secondary N) is 1. The highest BCUT2D eigenvalue weighted by Crippen LogP contribution is 2.41. The van der Waals surface area contributed by atoms with Crippen LogP contribution in [0.15, 0.2) is 15.8 Å². The zero-order chi connectivity index (χ0) is 26.4.